The Morgan fingerprint density at radius 2 is 2.22 bits per heavy atom. The first kappa shape index (κ1) is 7.03. The summed E-state index contributed by atoms with van der Waals surface area (Å²) in [4.78, 5) is 0. The molecule has 2 unspecified atom stereocenters. The first-order chi connectivity index (χ1) is 4.19. The minimum atomic E-state index is 0.844. The fraction of sp³-hybridized carbons (Fsp3) is 1.00. The van der Waals surface area contributed by atoms with Crippen molar-refractivity contribution in [1.29, 1.82) is 0 Å². The highest BCUT2D eigenvalue weighted by atomic mass is 15.7. The standard InChI is InChI=1S/C7H17N2/c1-4-5-8-9(3)6-7(9)2/h7-8H,4-6H2,1-3H3/q+1. The van der Waals surface area contributed by atoms with Crippen LogP contribution < -0.4 is 5.43 Å². The van der Waals surface area contributed by atoms with Crippen molar-refractivity contribution in [2.45, 2.75) is 26.3 Å². The second-order valence-corrected chi connectivity index (χ2v) is 3.21. The molecule has 2 heteroatoms. The maximum Gasteiger partial charge on any atom is 0.155 e. The highest BCUT2D eigenvalue weighted by molar-refractivity contribution is 4.62. The van der Waals surface area contributed by atoms with Crippen LogP contribution in [0.2, 0.25) is 0 Å². The van der Waals surface area contributed by atoms with Gasteiger partial charge in [-0.05, 0) is 13.3 Å². The summed E-state index contributed by atoms with van der Waals surface area (Å²) in [6, 6.07) is 0.844. The largest absolute Gasteiger partial charge is 0.236 e. The molecule has 1 rings (SSSR count). The second kappa shape index (κ2) is 2.27. The van der Waals surface area contributed by atoms with Crippen LogP contribution in [0.3, 0.4) is 0 Å². The molecule has 0 aromatic carbocycles. The van der Waals surface area contributed by atoms with E-state index in [1.807, 2.05) is 0 Å². The normalized spacial score (nSPS) is 41.0. The summed E-state index contributed by atoms with van der Waals surface area (Å²) in [7, 11) is 2.25. The van der Waals surface area contributed by atoms with E-state index in [4.69, 9.17) is 0 Å². The van der Waals surface area contributed by atoms with Crippen molar-refractivity contribution in [2.75, 3.05) is 20.1 Å². The maximum absolute atomic E-state index is 3.47. The molecule has 0 radical (unpaired) electrons. The number of rotatable bonds is 3. The molecule has 1 aliphatic rings. The van der Waals surface area contributed by atoms with Gasteiger partial charge in [0, 0.05) is 6.54 Å². The van der Waals surface area contributed by atoms with Gasteiger partial charge in [0.15, 0.2) is 12.6 Å². The van der Waals surface area contributed by atoms with Gasteiger partial charge in [-0.2, -0.15) is 5.43 Å². The molecular formula is C7H17N2+. The van der Waals surface area contributed by atoms with E-state index in [1.54, 1.807) is 0 Å². The van der Waals surface area contributed by atoms with Crippen molar-refractivity contribution in [1.82, 2.24) is 5.43 Å². The van der Waals surface area contributed by atoms with Crippen LogP contribution in [0.4, 0.5) is 0 Å². The highest BCUT2D eigenvalue weighted by Gasteiger charge is 2.47. The fourth-order valence-electron chi connectivity index (χ4n) is 1.09. The summed E-state index contributed by atoms with van der Waals surface area (Å²) in [5.41, 5.74) is 3.47. The van der Waals surface area contributed by atoms with Gasteiger partial charge in [-0.3, -0.25) is 0 Å². The third kappa shape index (κ3) is 1.43. The van der Waals surface area contributed by atoms with Crippen LogP contribution in [0.1, 0.15) is 20.3 Å². The van der Waals surface area contributed by atoms with Crippen molar-refractivity contribution in [3.63, 3.8) is 0 Å². The Hall–Kier alpha value is -0.0800. The summed E-state index contributed by atoms with van der Waals surface area (Å²) in [6.45, 7) is 6.94. The number of nitrogens with zero attached hydrogens (tertiary/aromatic N) is 1. The zero-order valence-corrected chi connectivity index (χ0v) is 6.65. The third-order valence-corrected chi connectivity index (χ3v) is 2.21. The molecule has 0 amide bonds. The summed E-state index contributed by atoms with van der Waals surface area (Å²) < 4.78 is 1.09. The van der Waals surface area contributed by atoms with E-state index >= 15 is 0 Å². The molecule has 1 fully saturated rings. The molecule has 0 aromatic rings. The average Bonchev–Trinajstić information content (AvgIpc) is 2.38. The van der Waals surface area contributed by atoms with E-state index in [0.717, 1.165) is 17.2 Å². The molecule has 0 aromatic heterocycles. The van der Waals surface area contributed by atoms with Crippen molar-refractivity contribution in [2.24, 2.45) is 0 Å². The molecular weight excluding hydrogens is 112 g/mol. The van der Waals surface area contributed by atoms with Crippen LogP contribution in [0, 0.1) is 0 Å². The molecule has 2 nitrogen and oxygen atoms in total. The third-order valence-electron chi connectivity index (χ3n) is 2.21. The number of hydrogen-bond donors (Lipinski definition) is 1. The Morgan fingerprint density at radius 1 is 1.67 bits per heavy atom. The Labute approximate surface area is 57.4 Å². The molecule has 1 saturated heterocycles. The lowest BCUT2D eigenvalue weighted by Gasteiger charge is -2.12. The summed E-state index contributed by atoms with van der Waals surface area (Å²) in [5, 5.41) is 0. The van der Waals surface area contributed by atoms with Crippen LogP contribution in [-0.2, 0) is 0 Å². The minimum Gasteiger partial charge on any atom is -0.236 e. The lowest BCUT2D eigenvalue weighted by Crippen LogP contribution is -2.39. The molecule has 2 atom stereocenters. The molecule has 0 spiro atoms. The molecule has 0 aliphatic carbocycles. The summed E-state index contributed by atoms with van der Waals surface area (Å²) in [6.07, 6.45) is 1.24. The molecule has 1 heterocycles. The number of quaternary nitrogens is 1. The number of likely N-dealkylation sites (N-methyl/N-ethyl adjacent to an activating group) is 1. The monoisotopic (exact) mass is 129 g/mol. The van der Waals surface area contributed by atoms with E-state index in [0.29, 0.717) is 0 Å². The topological polar surface area (TPSA) is 12.0 Å². The highest BCUT2D eigenvalue weighted by Crippen LogP contribution is 2.22. The molecule has 1 N–H and O–H groups in total. The van der Waals surface area contributed by atoms with Crippen LogP contribution >= 0.6 is 0 Å². The van der Waals surface area contributed by atoms with Gasteiger partial charge in [-0.25, -0.2) is 4.59 Å². The zero-order chi connectivity index (χ0) is 6.91. The van der Waals surface area contributed by atoms with E-state index in [-0.39, 0.29) is 0 Å². The van der Waals surface area contributed by atoms with Gasteiger partial charge in [0.05, 0.1) is 7.05 Å². The van der Waals surface area contributed by atoms with Crippen molar-refractivity contribution < 1.29 is 4.59 Å². The van der Waals surface area contributed by atoms with Gasteiger partial charge < -0.3 is 0 Å². The molecule has 9 heavy (non-hydrogen) atoms. The second-order valence-electron chi connectivity index (χ2n) is 3.21. The Kier molecular flexibility index (Phi) is 1.78. The van der Waals surface area contributed by atoms with Gasteiger partial charge >= 0.3 is 0 Å². The first-order valence-electron chi connectivity index (χ1n) is 3.79. The maximum atomic E-state index is 3.47. The predicted octanol–water partition coefficient (Wildman–Crippen LogP) is 0.750. The smallest absolute Gasteiger partial charge is 0.155 e. The lowest BCUT2D eigenvalue weighted by molar-refractivity contribution is -0.839. The lowest BCUT2D eigenvalue weighted by atomic mass is 10.5. The minimum absolute atomic E-state index is 0.844. The van der Waals surface area contributed by atoms with Gasteiger partial charge in [0.2, 0.25) is 0 Å². The van der Waals surface area contributed by atoms with Crippen LogP contribution in [-0.4, -0.2) is 30.8 Å². The number of hydrogen-bond acceptors (Lipinski definition) is 1. The van der Waals surface area contributed by atoms with Gasteiger partial charge in [0.25, 0.3) is 0 Å². The van der Waals surface area contributed by atoms with E-state index in [2.05, 4.69) is 26.3 Å². The Balaban J connectivity index is 2.13. The van der Waals surface area contributed by atoms with Gasteiger partial charge in [-0.15, -0.1) is 0 Å². The quantitative estimate of drug-likeness (QED) is 0.438. The molecule has 54 valence electrons. The summed E-state index contributed by atoms with van der Waals surface area (Å²) in [5.74, 6) is 0. The molecule has 0 saturated carbocycles. The van der Waals surface area contributed by atoms with Crippen molar-refractivity contribution in [3.05, 3.63) is 0 Å². The number of nitrogens with one attached hydrogen (secondary N) is 1. The average molecular weight is 129 g/mol. The van der Waals surface area contributed by atoms with Crippen LogP contribution in [0.25, 0.3) is 0 Å². The van der Waals surface area contributed by atoms with Gasteiger partial charge in [-0.1, -0.05) is 6.92 Å². The predicted molar refractivity (Wildman–Crippen MR) is 38.8 cm³/mol. The van der Waals surface area contributed by atoms with Crippen LogP contribution in [0.5, 0.6) is 0 Å². The van der Waals surface area contributed by atoms with Gasteiger partial charge in [0.1, 0.15) is 0 Å². The van der Waals surface area contributed by atoms with Crippen molar-refractivity contribution in [3.8, 4) is 0 Å². The van der Waals surface area contributed by atoms with E-state index in [9.17, 15) is 0 Å². The zero-order valence-electron chi connectivity index (χ0n) is 6.65. The van der Waals surface area contributed by atoms with Crippen molar-refractivity contribution >= 4 is 0 Å². The Morgan fingerprint density at radius 3 is 2.56 bits per heavy atom. The molecule has 0 bridgehead atoms. The van der Waals surface area contributed by atoms with E-state index in [1.165, 1.54) is 13.0 Å². The Bertz CT molecular complexity index is 103. The SMILES string of the molecule is CCCN[N+]1(C)CC1C. The molecule has 1 aliphatic heterocycles. The van der Waals surface area contributed by atoms with Crippen LogP contribution in [0.15, 0.2) is 0 Å². The van der Waals surface area contributed by atoms with E-state index < -0.39 is 0 Å². The fourth-order valence-corrected chi connectivity index (χ4v) is 1.09. The first-order valence-corrected chi connectivity index (χ1v) is 3.79. The summed E-state index contributed by atoms with van der Waals surface area (Å²) >= 11 is 0.